The number of nitrogens with one attached hydrogen (secondary N) is 1. The van der Waals surface area contributed by atoms with Crippen LogP contribution in [0.3, 0.4) is 0 Å². The highest BCUT2D eigenvalue weighted by Crippen LogP contribution is 2.27. The lowest BCUT2D eigenvalue weighted by atomic mass is 10.2. The summed E-state index contributed by atoms with van der Waals surface area (Å²) in [5, 5.41) is 3.98. The number of ether oxygens (including phenoxy) is 3. The number of carbonyl (C=O) groups is 1. The summed E-state index contributed by atoms with van der Waals surface area (Å²) in [5.41, 5.74) is 3.74. The first kappa shape index (κ1) is 18.3. The van der Waals surface area contributed by atoms with E-state index >= 15 is 0 Å². The lowest BCUT2D eigenvalue weighted by Gasteiger charge is -2.10. The van der Waals surface area contributed by atoms with E-state index in [1.165, 1.54) is 0 Å². The molecular weight excluding hydrogens is 320 g/mol. The molecule has 0 fully saturated rings. The Morgan fingerprint density at radius 2 is 1.96 bits per heavy atom. The Hall–Kier alpha value is -3.02. The van der Waals surface area contributed by atoms with E-state index in [0.29, 0.717) is 29.4 Å². The van der Waals surface area contributed by atoms with Crippen molar-refractivity contribution in [3.8, 4) is 17.2 Å². The van der Waals surface area contributed by atoms with Gasteiger partial charge in [-0.1, -0.05) is 13.0 Å². The van der Waals surface area contributed by atoms with Gasteiger partial charge in [0.05, 0.1) is 27.0 Å². The molecule has 0 heterocycles. The number of hydrazone groups is 1. The maximum absolute atomic E-state index is 12.1. The number of benzene rings is 2. The van der Waals surface area contributed by atoms with E-state index in [-0.39, 0.29) is 5.91 Å². The molecule has 0 aliphatic carbocycles. The Balaban J connectivity index is 2.02. The van der Waals surface area contributed by atoms with E-state index in [9.17, 15) is 4.79 Å². The summed E-state index contributed by atoms with van der Waals surface area (Å²) < 4.78 is 16.0. The van der Waals surface area contributed by atoms with Crippen molar-refractivity contribution in [1.82, 2.24) is 5.43 Å². The zero-order valence-electron chi connectivity index (χ0n) is 14.6. The molecule has 0 spiro atoms. The maximum Gasteiger partial charge on any atom is 0.271 e. The lowest BCUT2D eigenvalue weighted by molar-refractivity contribution is 0.0955. The van der Waals surface area contributed by atoms with Gasteiger partial charge in [-0.3, -0.25) is 4.79 Å². The zero-order valence-corrected chi connectivity index (χ0v) is 14.6. The van der Waals surface area contributed by atoms with E-state index in [1.807, 2.05) is 19.1 Å². The minimum atomic E-state index is -0.315. The van der Waals surface area contributed by atoms with Gasteiger partial charge in [-0.2, -0.15) is 5.10 Å². The first-order chi connectivity index (χ1) is 12.2. The fourth-order valence-electron chi connectivity index (χ4n) is 2.09. The van der Waals surface area contributed by atoms with Crippen LogP contribution in [0.1, 0.15) is 29.3 Å². The van der Waals surface area contributed by atoms with Crippen molar-refractivity contribution in [2.45, 2.75) is 13.3 Å². The molecule has 1 amide bonds. The molecule has 0 aromatic heterocycles. The van der Waals surface area contributed by atoms with Crippen molar-refractivity contribution in [2.75, 3.05) is 20.8 Å². The van der Waals surface area contributed by atoms with Crippen molar-refractivity contribution in [1.29, 1.82) is 0 Å². The molecular formula is C19H22N2O4. The zero-order chi connectivity index (χ0) is 18.1. The molecule has 6 nitrogen and oxygen atoms in total. The molecule has 0 aliphatic rings. The highest BCUT2D eigenvalue weighted by atomic mass is 16.5. The first-order valence-corrected chi connectivity index (χ1v) is 7.96. The largest absolute Gasteiger partial charge is 0.497 e. The second-order valence-corrected chi connectivity index (χ2v) is 5.19. The average molecular weight is 342 g/mol. The Morgan fingerprint density at radius 1 is 1.12 bits per heavy atom. The van der Waals surface area contributed by atoms with E-state index in [4.69, 9.17) is 14.2 Å². The highest BCUT2D eigenvalue weighted by Gasteiger charge is 2.06. The van der Waals surface area contributed by atoms with Crippen LogP contribution in [0.2, 0.25) is 0 Å². The van der Waals surface area contributed by atoms with Crippen LogP contribution in [0.4, 0.5) is 0 Å². The molecule has 0 atom stereocenters. The van der Waals surface area contributed by atoms with Crippen LogP contribution in [0, 0.1) is 0 Å². The van der Waals surface area contributed by atoms with Gasteiger partial charge >= 0.3 is 0 Å². The Kier molecular flexibility index (Phi) is 6.83. The quantitative estimate of drug-likeness (QED) is 0.590. The molecule has 0 aliphatic heterocycles. The number of hydrogen-bond acceptors (Lipinski definition) is 5. The van der Waals surface area contributed by atoms with Crippen molar-refractivity contribution < 1.29 is 19.0 Å². The van der Waals surface area contributed by atoms with Crippen LogP contribution in [0.15, 0.2) is 47.6 Å². The van der Waals surface area contributed by atoms with E-state index < -0.39 is 0 Å². The van der Waals surface area contributed by atoms with Crippen molar-refractivity contribution >= 4 is 12.1 Å². The molecule has 25 heavy (non-hydrogen) atoms. The van der Waals surface area contributed by atoms with Crippen LogP contribution in [-0.4, -0.2) is 32.9 Å². The van der Waals surface area contributed by atoms with Crippen LogP contribution in [0.25, 0.3) is 0 Å². The average Bonchev–Trinajstić information content (AvgIpc) is 2.66. The second kappa shape index (κ2) is 9.32. The number of amides is 1. The SMILES string of the molecule is CCCOc1ccc(/C=N/NC(=O)c2cccc(OC)c2)cc1OC. The van der Waals surface area contributed by atoms with Gasteiger partial charge in [0.15, 0.2) is 11.5 Å². The molecule has 0 radical (unpaired) electrons. The molecule has 2 aromatic rings. The summed E-state index contributed by atoms with van der Waals surface area (Å²) in [5.74, 6) is 1.60. The van der Waals surface area contributed by atoms with Gasteiger partial charge in [0, 0.05) is 5.56 Å². The molecule has 6 heteroatoms. The van der Waals surface area contributed by atoms with Gasteiger partial charge in [-0.05, 0) is 48.4 Å². The standard InChI is InChI=1S/C19H22N2O4/c1-4-10-25-17-9-8-14(11-18(17)24-3)13-20-21-19(22)15-6-5-7-16(12-15)23-2/h5-9,11-13H,4,10H2,1-3H3,(H,21,22)/b20-13+. The number of hydrogen-bond donors (Lipinski definition) is 1. The Morgan fingerprint density at radius 3 is 2.68 bits per heavy atom. The minimum absolute atomic E-state index is 0.315. The molecule has 2 rings (SSSR count). The van der Waals surface area contributed by atoms with Gasteiger partial charge in [0.25, 0.3) is 5.91 Å². The summed E-state index contributed by atoms with van der Waals surface area (Å²) in [6.07, 6.45) is 2.47. The topological polar surface area (TPSA) is 69.2 Å². The smallest absolute Gasteiger partial charge is 0.271 e. The van der Waals surface area contributed by atoms with Gasteiger partial charge in [0.1, 0.15) is 5.75 Å². The third-order valence-corrected chi connectivity index (χ3v) is 3.36. The summed E-state index contributed by atoms with van der Waals surface area (Å²) in [7, 11) is 3.13. The fraction of sp³-hybridized carbons (Fsp3) is 0.263. The molecule has 0 bridgehead atoms. The normalized spacial score (nSPS) is 10.5. The number of nitrogens with zero attached hydrogens (tertiary/aromatic N) is 1. The minimum Gasteiger partial charge on any atom is -0.497 e. The second-order valence-electron chi connectivity index (χ2n) is 5.19. The van der Waals surface area contributed by atoms with Crippen molar-refractivity contribution in [3.05, 3.63) is 53.6 Å². The molecule has 2 aromatic carbocycles. The maximum atomic E-state index is 12.1. The summed E-state index contributed by atoms with van der Waals surface area (Å²) in [6, 6.07) is 12.3. The first-order valence-electron chi connectivity index (χ1n) is 7.96. The van der Waals surface area contributed by atoms with E-state index in [0.717, 1.165) is 12.0 Å². The molecule has 132 valence electrons. The van der Waals surface area contributed by atoms with Crippen LogP contribution in [-0.2, 0) is 0 Å². The van der Waals surface area contributed by atoms with Crippen LogP contribution in [0.5, 0.6) is 17.2 Å². The molecule has 0 saturated carbocycles. The Bertz CT molecular complexity index is 744. The van der Waals surface area contributed by atoms with Crippen molar-refractivity contribution in [3.63, 3.8) is 0 Å². The number of methoxy groups -OCH3 is 2. The van der Waals surface area contributed by atoms with Crippen LogP contribution < -0.4 is 19.6 Å². The van der Waals surface area contributed by atoms with Gasteiger partial charge in [-0.15, -0.1) is 0 Å². The highest BCUT2D eigenvalue weighted by molar-refractivity contribution is 5.95. The molecule has 1 N–H and O–H groups in total. The fourth-order valence-corrected chi connectivity index (χ4v) is 2.09. The number of rotatable bonds is 8. The predicted octanol–water partition coefficient (Wildman–Crippen LogP) is 3.26. The monoisotopic (exact) mass is 342 g/mol. The third-order valence-electron chi connectivity index (χ3n) is 3.36. The van der Waals surface area contributed by atoms with Crippen LogP contribution >= 0.6 is 0 Å². The molecule has 0 saturated heterocycles. The van der Waals surface area contributed by atoms with Gasteiger partial charge in [0.2, 0.25) is 0 Å². The van der Waals surface area contributed by atoms with Gasteiger partial charge in [-0.25, -0.2) is 5.43 Å². The predicted molar refractivity (Wildman–Crippen MR) is 96.8 cm³/mol. The van der Waals surface area contributed by atoms with Crippen molar-refractivity contribution in [2.24, 2.45) is 5.10 Å². The third kappa shape index (κ3) is 5.24. The summed E-state index contributed by atoms with van der Waals surface area (Å²) in [6.45, 7) is 2.67. The Labute approximate surface area is 147 Å². The van der Waals surface area contributed by atoms with Gasteiger partial charge < -0.3 is 14.2 Å². The summed E-state index contributed by atoms with van der Waals surface area (Å²) in [4.78, 5) is 12.1. The molecule has 0 unspecified atom stereocenters. The summed E-state index contributed by atoms with van der Waals surface area (Å²) >= 11 is 0. The van der Waals surface area contributed by atoms with E-state index in [1.54, 1.807) is 50.8 Å². The van der Waals surface area contributed by atoms with E-state index in [2.05, 4.69) is 10.5 Å². The lowest BCUT2D eigenvalue weighted by Crippen LogP contribution is -2.17. The number of carbonyl (C=O) groups excluding carboxylic acids is 1.